The monoisotopic (exact) mass is 174 g/mol. The molecule has 58 valence electrons. The van der Waals surface area contributed by atoms with Crippen molar-refractivity contribution in [3.63, 3.8) is 0 Å². The van der Waals surface area contributed by atoms with Crippen LogP contribution in [-0.4, -0.2) is 9.49 Å². The van der Waals surface area contributed by atoms with Crippen LogP contribution in [0.25, 0.3) is 0 Å². The van der Waals surface area contributed by atoms with E-state index in [2.05, 4.69) is 37.1 Å². The lowest BCUT2D eigenvalue weighted by atomic mass is 10.1. The summed E-state index contributed by atoms with van der Waals surface area (Å²) < 4.78 is -0.417. The van der Waals surface area contributed by atoms with Crippen LogP contribution in [0.2, 0.25) is 0 Å². The number of thiol groups is 2. The molecule has 0 radical (unpaired) electrons. The molecule has 0 heterocycles. The molecule has 0 saturated heterocycles. The van der Waals surface area contributed by atoms with E-state index in [0.29, 0.717) is 0 Å². The van der Waals surface area contributed by atoms with E-state index in [1.165, 1.54) is 0 Å². The summed E-state index contributed by atoms with van der Waals surface area (Å²) >= 11 is 8.52. The first-order valence-electron chi connectivity index (χ1n) is 3.20. The van der Waals surface area contributed by atoms with Crippen molar-refractivity contribution in [2.24, 2.45) is 0 Å². The van der Waals surface area contributed by atoms with Crippen LogP contribution in [0.1, 0.15) is 27.7 Å². The Hall–Kier alpha value is 0.260. The van der Waals surface area contributed by atoms with E-state index in [1.807, 2.05) is 27.7 Å². The fourth-order valence-corrected chi connectivity index (χ4v) is 0.418. The first kappa shape index (κ1) is 10.3. The van der Waals surface area contributed by atoms with Crippen LogP contribution in [0.3, 0.4) is 0 Å². The zero-order valence-electron chi connectivity index (χ0n) is 6.89. The molecule has 0 aromatic carbocycles. The van der Waals surface area contributed by atoms with E-state index in [0.717, 1.165) is 0 Å². The van der Waals surface area contributed by atoms with E-state index >= 15 is 0 Å². The van der Waals surface area contributed by atoms with Crippen LogP contribution in [0, 0.1) is 11.8 Å². The quantitative estimate of drug-likeness (QED) is 0.409. The normalized spacial score (nSPS) is 12.2. The van der Waals surface area contributed by atoms with Gasteiger partial charge in [0.1, 0.15) is 0 Å². The molecule has 0 amide bonds. The maximum Gasteiger partial charge on any atom is 0.0680 e. The molecular formula is C8H14S2. The van der Waals surface area contributed by atoms with Gasteiger partial charge in [-0.05, 0) is 27.7 Å². The smallest absolute Gasteiger partial charge is 0.0680 e. The molecule has 2 heteroatoms. The maximum absolute atomic E-state index is 4.26. The van der Waals surface area contributed by atoms with Crippen LogP contribution in [0.15, 0.2) is 0 Å². The minimum atomic E-state index is -0.208. The highest BCUT2D eigenvalue weighted by molar-refractivity contribution is 7.82. The van der Waals surface area contributed by atoms with Crippen LogP contribution >= 0.6 is 25.3 Å². The van der Waals surface area contributed by atoms with E-state index < -0.39 is 0 Å². The Morgan fingerprint density at radius 1 is 0.800 bits per heavy atom. The van der Waals surface area contributed by atoms with Crippen molar-refractivity contribution in [3.8, 4) is 11.8 Å². The second-order valence-corrected chi connectivity index (χ2v) is 5.60. The third-order valence-electron chi connectivity index (χ3n) is 0.674. The molecule has 0 aromatic rings. The van der Waals surface area contributed by atoms with Crippen molar-refractivity contribution < 1.29 is 0 Å². The maximum atomic E-state index is 4.26. The predicted molar refractivity (Wildman–Crippen MR) is 53.9 cm³/mol. The lowest BCUT2D eigenvalue weighted by Crippen LogP contribution is -2.11. The lowest BCUT2D eigenvalue weighted by Gasteiger charge is -2.11. The van der Waals surface area contributed by atoms with E-state index in [9.17, 15) is 0 Å². The van der Waals surface area contributed by atoms with Gasteiger partial charge in [-0.25, -0.2) is 0 Å². The molecule has 0 unspecified atom stereocenters. The molecule has 10 heavy (non-hydrogen) atoms. The summed E-state index contributed by atoms with van der Waals surface area (Å²) in [5.74, 6) is 6.00. The van der Waals surface area contributed by atoms with Crippen molar-refractivity contribution in [2.45, 2.75) is 37.2 Å². The Labute approximate surface area is 74.6 Å². The fraction of sp³-hybridized carbons (Fsp3) is 0.750. The summed E-state index contributed by atoms with van der Waals surface area (Å²) in [6, 6.07) is 0. The van der Waals surface area contributed by atoms with Crippen LogP contribution in [0.5, 0.6) is 0 Å². The minimum absolute atomic E-state index is 0.208. The molecule has 0 saturated carbocycles. The van der Waals surface area contributed by atoms with Gasteiger partial charge in [-0.15, -0.1) is 0 Å². The molecule has 0 nitrogen and oxygen atoms in total. The molecule has 0 aliphatic carbocycles. The molecule has 0 bridgehead atoms. The standard InChI is InChI=1S/C8H14S2/c1-7(2,9)5-6-8(3,4)10/h9-10H,1-4H3. The second kappa shape index (κ2) is 3.11. The molecule has 0 aromatic heterocycles. The second-order valence-electron chi connectivity index (χ2n) is 3.37. The summed E-state index contributed by atoms with van der Waals surface area (Å²) in [4.78, 5) is 0. The molecule has 0 N–H and O–H groups in total. The predicted octanol–water partition coefficient (Wildman–Crippen LogP) is 2.41. The molecule has 0 spiro atoms. The summed E-state index contributed by atoms with van der Waals surface area (Å²) in [6.07, 6.45) is 0. The minimum Gasteiger partial charge on any atom is -0.160 e. The number of hydrogen-bond acceptors (Lipinski definition) is 2. The van der Waals surface area contributed by atoms with Crippen LogP contribution in [0.4, 0.5) is 0 Å². The molecule has 0 atom stereocenters. The average molecular weight is 174 g/mol. The van der Waals surface area contributed by atoms with E-state index in [4.69, 9.17) is 0 Å². The topological polar surface area (TPSA) is 0 Å². The van der Waals surface area contributed by atoms with Crippen molar-refractivity contribution >= 4 is 25.3 Å². The molecule has 0 fully saturated rings. The van der Waals surface area contributed by atoms with E-state index in [1.54, 1.807) is 0 Å². The van der Waals surface area contributed by atoms with Gasteiger partial charge < -0.3 is 0 Å². The number of rotatable bonds is 0. The third kappa shape index (κ3) is 8.26. The van der Waals surface area contributed by atoms with Gasteiger partial charge in [0, 0.05) is 0 Å². The van der Waals surface area contributed by atoms with Crippen LogP contribution < -0.4 is 0 Å². The lowest BCUT2D eigenvalue weighted by molar-refractivity contribution is 0.911. The van der Waals surface area contributed by atoms with Gasteiger partial charge in [-0.2, -0.15) is 25.3 Å². The van der Waals surface area contributed by atoms with Crippen molar-refractivity contribution in [3.05, 3.63) is 0 Å². The third-order valence-corrected chi connectivity index (χ3v) is 0.898. The average Bonchev–Trinajstić information content (AvgIpc) is 1.57. The Bertz CT molecular complexity index is 140. The Balaban J connectivity index is 4.19. The zero-order chi connectivity index (χ0) is 8.41. The van der Waals surface area contributed by atoms with Gasteiger partial charge in [-0.3, -0.25) is 0 Å². The fourth-order valence-electron chi connectivity index (χ4n) is 0.306. The summed E-state index contributed by atoms with van der Waals surface area (Å²) in [7, 11) is 0. The summed E-state index contributed by atoms with van der Waals surface area (Å²) in [6.45, 7) is 7.84. The van der Waals surface area contributed by atoms with Crippen molar-refractivity contribution in [1.82, 2.24) is 0 Å². The first-order valence-corrected chi connectivity index (χ1v) is 4.09. The molecule has 0 aliphatic rings. The highest BCUT2D eigenvalue weighted by atomic mass is 32.1. The summed E-state index contributed by atoms with van der Waals surface area (Å²) in [5.41, 5.74) is 0. The van der Waals surface area contributed by atoms with Gasteiger partial charge in [0.25, 0.3) is 0 Å². The Morgan fingerprint density at radius 3 is 1.10 bits per heavy atom. The van der Waals surface area contributed by atoms with Gasteiger partial charge in [0.15, 0.2) is 0 Å². The highest BCUT2D eigenvalue weighted by Gasteiger charge is 2.09. The van der Waals surface area contributed by atoms with Gasteiger partial charge in [0.05, 0.1) is 9.49 Å². The number of hydrogen-bond donors (Lipinski definition) is 2. The first-order chi connectivity index (χ1) is 4.21. The SMILES string of the molecule is CC(C)(S)C#CC(C)(C)S. The highest BCUT2D eigenvalue weighted by Crippen LogP contribution is 2.13. The largest absolute Gasteiger partial charge is 0.160 e. The Kier molecular flexibility index (Phi) is 3.19. The van der Waals surface area contributed by atoms with Gasteiger partial charge in [0.2, 0.25) is 0 Å². The van der Waals surface area contributed by atoms with Gasteiger partial charge in [-0.1, -0.05) is 11.8 Å². The van der Waals surface area contributed by atoms with E-state index in [-0.39, 0.29) is 9.49 Å². The van der Waals surface area contributed by atoms with Gasteiger partial charge >= 0.3 is 0 Å². The van der Waals surface area contributed by atoms with Crippen molar-refractivity contribution in [1.29, 1.82) is 0 Å². The molecule has 0 aliphatic heterocycles. The Morgan fingerprint density at radius 2 is 1.00 bits per heavy atom. The van der Waals surface area contributed by atoms with Crippen LogP contribution in [-0.2, 0) is 0 Å². The van der Waals surface area contributed by atoms with Crippen molar-refractivity contribution in [2.75, 3.05) is 0 Å². The zero-order valence-corrected chi connectivity index (χ0v) is 8.68. The molecular weight excluding hydrogens is 160 g/mol. The molecule has 0 rings (SSSR count). The summed E-state index contributed by atoms with van der Waals surface area (Å²) in [5, 5.41) is 0.